The second-order valence-electron chi connectivity index (χ2n) is 2.22. The van der Waals surface area contributed by atoms with Gasteiger partial charge in [0.05, 0.1) is 0 Å². The predicted molar refractivity (Wildman–Crippen MR) is 58.0 cm³/mol. The van der Waals surface area contributed by atoms with Crippen LogP contribution in [0, 0.1) is 0 Å². The van der Waals surface area contributed by atoms with Gasteiger partial charge in [0, 0.05) is 18.1 Å². The Labute approximate surface area is 111 Å². The van der Waals surface area contributed by atoms with Crippen molar-refractivity contribution in [3.05, 3.63) is 18.7 Å². The summed E-state index contributed by atoms with van der Waals surface area (Å²) in [6, 6.07) is 0. The van der Waals surface area contributed by atoms with Crippen molar-refractivity contribution < 1.29 is 31.0 Å². The summed E-state index contributed by atoms with van der Waals surface area (Å²) >= 11 is 6.72. The van der Waals surface area contributed by atoms with Crippen molar-refractivity contribution in [3.63, 3.8) is 0 Å². The molecule has 1 N–H and O–H groups in total. The van der Waals surface area contributed by atoms with Crippen LogP contribution >= 0.6 is 24.0 Å². The topological polar surface area (TPSA) is 29.9 Å². The first-order valence-electron chi connectivity index (χ1n) is 3.74. The molecule has 0 saturated heterocycles. The van der Waals surface area contributed by atoms with Crippen molar-refractivity contribution >= 4 is 28.3 Å². The van der Waals surface area contributed by atoms with Gasteiger partial charge in [-0.3, -0.25) is 5.43 Å². The molecule has 3 nitrogen and oxygen atoms in total. The van der Waals surface area contributed by atoms with Crippen molar-refractivity contribution in [1.82, 2.24) is 9.66 Å². The van der Waals surface area contributed by atoms with Gasteiger partial charge in [-0.05, 0) is 6.42 Å². The molecule has 0 bridgehead atoms. The Hall–Kier alpha value is 0.450. The van der Waals surface area contributed by atoms with E-state index in [-0.39, 0.29) is 31.0 Å². The molecule has 1 rings (SSSR count). The molecule has 0 spiro atoms. The maximum atomic E-state index is 5.07. The van der Waals surface area contributed by atoms with E-state index in [1.807, 2.05) is 6.20 Å². The minimum atomic E-state index is 0. The van der Waals surface area contributed by atoms with E-state index in [4.69, 9.17) is 12.2 Å². The summed E-state index contributed by atoms with van der Waals surface area (Å²) in [5, 5.41) is 0. The van der Waals surface area contributed by atoms with Gasteiger partial charge >= 0.3 is 29.6 Å². The average Bonchev–Trinajstić information content (AvgIpc) is 2.53. The predicted octanol–water partition coefficient (Wildman–Crippen LogP) is -1.03. The van der Waals surface area contributed by atoms with Crippen LogP contribution in [0.3, 0.4) is 0 Å². The van der Waals surface area contributed by atoms with Gasteiger partial charge in [0.1, 0.15) is 6.33 Å². The number of thiocarbonyl (C=S) groups is 1. The minimum absolute atomic E-state index is 0. The van der Waals surface area contributed by atoms with E-state index in [0.29, 0.717) is 0 Å². The molecule has 13 heavy (non-hydrogen) atoms. The first-order chi connectivity index (χ1) is 5.83. The summed E-state index contributed by atoms with van der Waals surface area (Å²) in [5.41, 5.74) is 3.01. The maximum Gasteiger partial charge on any atom is 1.00 e. The number of thioether (sulfide) groups is 1. The summed E-state index contributed by atoms with van der Waals surface area (Å²) in [4.78, 5) is 3.89. The number of imidazole rings is 1. The third-order valence-electron chi connectivity index (χ3n) is 1.16. The molecule has 6 heteroatoms. The van der Waals surface area contributed by atoms with Gasteiger partial charge in [0.15, 0.2) is 4.32 Å². The van der Waals surface area contributed by atoms with Crippen LogP contribution < -0.4 is 35.0 Å². The third-order valence-corrected chi connectivity index (χ3v) is 2.57. The Balaban J connectivity index is 0. The van der Waals surface area contributed by atoms with Gasteiger partial charge in [-0.25, -0.2) is 9.66 Å². The molecular formula is C7H12N3NaS2. The zero-order valence-electron chi connectivity index (χ0n) is 8.86. The summed E-state index contributed by atoms with van der Waals surface area (Å²) < 4.78 is 2.53. The number of nitrogens with one attached hydrogen (secondary N) is 1. The summed E-state index contributed by atoms with van der Waals surface area (Å²) in [6.45, 7) is 2.13. The standard InChI is InChI=1S/C7H11N3S2.Na.H/c1-2-5-12-7(11)9-10-4-3-8-6-10;;/h3-4,6H,2,5H2,1H3,(H,9,11);;/q;+1;-1. The van der Waals surface area contributed by atoms with E-state index in [1.165, 1.54) is 0 Å². The quantitative estimate of drug-likeness (QED) is 0.526. The van der Waals surface area contributed by atoms with Crippen molar-refractivity contribution in [2.24, 2.45) is 0 Å². The van der Waals surface area contributed by atoms with Crippen molar-refractivity contribution in [3.8, 4) is 0 Å². The molecule has 1 heterocycles. The van der Waals surface area contributed by atoms with E-state index < -0.39 is 0 Å². The van der Waals surface area contributed by atoms with Crippen LogP contribution in [-0.2, 0) is 0 Å². The van der Waals surface area contributed by atoms with Gasteiger partial charge in [-0.2, -0.15) is 0 Å². The van der Waals surface area contributed by atoms with Crippen molar-refractivity contribution in [2.45, 2.75) is 13.3 Å². The van der Waals surface area contributed by atoms with Gasteiger partial charge in [0.2, 0.25) is 0 Å². The Kier molecular flexibility index (Phi) is 8.09. The first-order valence-corrected chi connectivity index (χ1v) is 5.14. The maximum absolute atomic E-state index is 5.07. The molecule has 0 aliphatic carbocycles. The molecule has 0 aromatic carbocycles. The van der Waals surface area contributed by atoms with Crippen LogP contribution in [0.15, 0.2) is 18.7 Å². The van der Waals surface area contributed by atoms with E-state index in [0.717, 1.165) is 16.5 Å². The van der Waals surface area contributed by atoms with E-state index in [1.54, 1.807) is 29.0 Å². The van der Waals surface area contributed by atoms with Crippen molar-refractivity contribution in [1.29, 1.82) is 0 Å². The molecule has 68 valence electrons. The first kappa shape index (κ1) is 13.4. The molecule has 0 amide bonds. The normalized spacial score (nSPS) is 9.00. The van der Waals surface area contributed by atoms with Crippen LogP contribution in [0.1, 0.15) is 14.8 Å². The van der Waals surface area contributed by atoms with E-state index >= 15 is 0 Å². The van der Waals surface area contributed by atoms with Crippen LogP contribution in [-0.4, -0.2) is 19.7 Å². The Morgan fingerprint density at radius 1 is 1.77 bits per heavy atom. The second-order valence-corrected chi connectivity index (χ2v) is 3.99. The fourth-order valence-electron chi connectivity index (χ4n) is 0.658. The summed E-state index contributed by atoms with van der Waals surface area (Å²) in [5.74, 6) is 1.06. The Morgan fingerprint density at radius 3 is 3.08 bits per heavy atom. The fourth-order valence-corrected chi connectivity index (χ4v) is 1.57. The molecule has 1 aromatic heterocycles. The summed E-state index contributed by atoms with van der Waals surface area (Å²) in [6.07, 6.45) is 6.34. The van der Waals surface area contributed by atoms with Crippen molar-refractivity contribution in [2.75, 3.05) is 11.2 Å². The van der Waals surface area contributed by atoms with E-state index in [2.05, 4.69) is 17.3 Å². The van der Waals surface area contributed by atoms with Gasteiger partial charge < -0.3 is 1.43 Å². The molecule has 1 aromatic rings. The van der Waals surface area contributed by atoms with Gasteiger partial charge in [0.25, 0.3) is 0 Å². The number of aromatic nitrogens is 2. The monoisotopic (exact) mass is 225 g/mol. The molecular weight excluding hydrogens is 213 g/mol. The molecule has 0 aliphatic rings. The molecule has 0 unspecified atom stereocenters. The Bertz CT molecular complexity index is 243. The molecule has 0 aliphatic heterocycles. The number of hydrogen-bond donors (Lipinski definition) is 1. The zero-order valence-corrected chi connectivity index (χ0v) is 11.5. The third kappa shape index (κ3) is 5.70. The number of nitrogens with zero attached hydrogens (tertiary/aromatic N) is 2. The van der Waals surface area contributed by atoms with Gasteiger partial charge in [-0.15, -0.1) is 0 Å². The zero-order chi connectivity index (χ0) is 8.81. The molecule has 0 fully saturated rings. The number of hydrogen-bond acceptors (Lipinski definition) is 3. The molecule has 0 atom stereocenters. The smallest absolute Gasteiger partial charge is 1.00 e. The summed E-state index contributed by atoms with van der Waals surface area (Å²) in [7, 11) is 0. The SMILES string of the molecule is CCCSC(=S)Nn1ccnc1.[H-].[Na+]. The largest absolute Gasteiger partial charge is 1.00 e. The molecule has 0 radical (unpaired) electrons. The fraction of sp³-hybridized carbons (Fsp3) is 0.429. The average molecular weight is 225 g/mol. The van der Waals surface area contributed by atoms with Crippen LogP contribution in [0.2, 0.25) is 0 Å². The van der Waals surface area contributed by atoms with Gasteiger partial charge in [-0.1, -0.05) is 30.9 Å². The number of rotatable bonds is 3. The van der Waals surface area contributed by atoms with Crippen LogP contribution in [0.4, 0.5) is 0 Å². The van der Waals surface area contributed by atoms with Crippen LogP contribution in [0.25, 0.3) is 0 Å². The second kappa shape index (κ2) is 7.82. The minimum Gasteiger partial charge on any atom is -1.00 e. The Morgan fingerprint density at radius 2 is 2.54 bits per heavy atom. The van der Waals surface area contributed by atoms with Crippen LogP contribution in [0.5, 0.6) is 0 Å². The molecule has 0 saturated carbocycles. The van der Waals surface area contributed by atoms with E-state index in [9.17, 15) is 0 Å².